The summed E-state index contributed by atoms with van der Waals surface area (Å²) in [5.41, 5.74) is 3.30. The Morgan fingerprint density at radius 3 is 2.17 bits per heavy atom. The highest BCUT2D eigenvalue weighted by molar-refractivity contribution is 5.91. The van der Waals surface area contributed by atoms with E-state index in [1.165, 1.54) is 31.5 Å². The number of hydrogen-bond donors (Lipinski definition) is 2. The zero-order valence-corrected chi connectivity index (χ0v) is 19.7. The largest absolute Gasteiger partial charge is 0.311 e. The number of benzene rings is 2. The number of nitro benzene ring substituents is 1. The summed E-state index contributed by atoms with van der Waals surface area (Å²) in [6, 6.07) is 16.3. The van der Waals surface area contributed by atoms with E-state index in [9.17, 15) is 19.7 Å². The molecule has 1 aromatic heterocycles. The highest BCUT2D eigenvalue weighted by Gasteiger charge is 2.15. The van der Waals surface area contributed by atoms with Crippen LogP contribution in [0.25, 0.3) is 12.2 Å². The van der Waals surface area contributed by atoms with Gasteiger partial charge in [-0.25, -0.2) is 4.98 Å². The van der Waals surface area contributed by atoms with Gasteiger partial charge in [0, 0.05) is 31.5 Å². The standard InChI is InChI=1S/C26H27N5O4/c1-18(32)27-25-23(11-7-6-10-20-8-4-3-5-9-20)24(29-26(30-25)28-19(2)33)17-14-21-12-15-22(16-13-21)31(34)35/h3-5,8-9,12-17H,6-7,10-11H2,1-2H3,(H2,27,28,29,30,32,33)/b17-14+. The molecule has 0 saturated carbocycles. The van der Waals surface area contributed by atoms with Gasteiger partial charge >= 0.3 is 0 Å². The van der Waals surface area contributed by atoms with E-state index in [0.29, 0.717) is 17.9 Å². The molecule has 9 heteroatoms. The molecule has 3 aromatic rings. The molecule has 0 spiro atoms. The third-order valence-electron chi connectivity index (χ3n) is 5.14. The van der Waals surface area contributed by atoms with Crippen molar-refractivity contribution < 1.29 is 14.5 Å². The highest BCUT2D eigenvalue weighted by Crippen LogP contribution is 2.24. The van der Waals surface area contributed by atoms with E-state index in [-0.39, 0.29) is 23.5 Å². The van der Waals surface area contributed by atoms with Crippen LogP contribution in [-0.2, 0) is 22.4 Å². The number of aryl methyl sites for hydroxylation is 1. The Labute approximate surface area is 203 Å². The summed E-state index contributed by atoms with van der Waals surface area (Å²) in [4.78, 5) is 42.8. The summed E-state index contributed by atoms with van der Waals surface area (Å²) in [5, 5.41) is 16.2. The first-order valence-corrected chi connectivity index (χ1v) is 11.2. The Morgan fingerprint density at radius 2 is 1.54 bits per heavy atom. The first-order valence-electron chi connectivity index (χ1n) is 11.2. The molecule has 0 bridgehead atoms. The summed E-state index contributed by atoms with van der Waals surface area (Å²) in [7, 11) is 0. The highest BCUT2D eigenvalue weighted by atomic mass is 16.6. The topological polar surface area (TPSA) is 127 Å². The van der Waals surface area contributed by atoms with Crippen molar-refractivity contribution in [1.29, 1.82) is 0 Å². The SMILES string of the molecule is CC(=O)Nc1nc(/C=C/c2ccc([N+](=O)[O-])cc2)c(CCCCc2ccccc2)c(NC(C)=O)n1. The van der Waals surface area contributed by atoms with Crippen molar-refractivity contribution in [3.8, 4) is 0 Å². The van der Waals surface area contributed by atoms with Crippen molar-refractivity contribution in [3.05, 3.63) is 87.1 Å². The third kappa shape index (κ3) is 7.85. The predicted molar refractivity (Wildman–Crippen MR) is 136 cm³/mol. The lowest BCUT2D eigenvalue weighted by Gasteiger charge is -2.14. The second-order valence-electron chi connectivity index (χ2n) is 8.00. The van der Waals surface area contributed by atoms with Gasteiger partial charge in [0.1, 0.15) is 5.82 Å². The fourth-order valence-electron chi connectivity index (χ4n) is 3.53. The minimum atomic E-state index is -0.453. The van der Waals surface area contributed by atoms with Gasteiger partial charge in [0.05, 0.1) is 10.6 Å². The molecule has 35 heavy (non-hydrogen) atoms. The Morgan fingerprint density at radius 1 is 0.886 bits per heavy atom. The lowest BCUT2D eigenvalue weighted by Crippen LogP contribution is -2.16. The van der Waals surface area contributed by atoms with E-state index >= 15 is 0 Å². The third-order valence-corrected chi connectivity index (χ3v) is 5.14. The minimum absolute atomic E-state index is 0.00387. The number of aromatic nitrogens is 2. The smallest absolute Gasteiger partial charge is 0.269 e. The Kier molecular flexibility index (Phi) is 8.77. The molecule has 0 aliphatic heterocycles. The number of rotatable bonds is 10. The number of non-ortho nitro benzene ring substituents is 1. The summed E-state index contributed by atoms with van der Waals surface area (Å²) in [6.07, 6.45) is 6.84. The van der Waals surface area contributed by atoms with Crippen LogP contribution in [0.3, 0.4) is 0 Å². The molecule has 9 nitrogen and oxygen atoms in total. The lowest BCUT2D eigenvalue weighted by molar-refractivity contribution is -0.384. The van der Waals surface area contributed by atoms with Gasteiger partial charge < -0.3 is 5.32 Å². The Hall–Kier alpha value is -4.40. The van der Waals surface area contributed by atoms with Crippen LogP contribution < -0.4 is 10.6 Å². The van der Waals surface area contributed by atoms with Gasteiger partial charge in [0.25, 0.3) is 5.69 Å². The van der Waals surface area contributed by atoms with Gasteiger partial charge in [-0.15, -0.1) is 0 Å². The summed E-state index contributed by atoms with van der Waals surface area (Å²) in [6.45, 7) is 2.75. The van der Waals surface area contributed by atoms with Gasteiger partial charge in [-0.1, -0.05) is 36.4 Å². The molecule has 0 aliphatic rings. The van der Waals surface area contributed by atoms with Gasteiger partial charge in [-0.2, -0.15) is 4.98 Å². The van der Waals surface area contributed by atoms with E-state index in [1.807, 2.05) is 18.2 Å². The molecule has 0 radical (unpaired) electrons. The first kappa shape index (κ1) is 25.2. The average molecular weight is 474 g/mol. The predicted octanol–water partition coefficient (Wildman–Crippen LogP) is 5.04. The normalized spacial score (nSPS) is 10.8. The number of nitrogens with one attached hydrogen (secondary N) is 2. The number of unbranched alkanes of at least 4 members (excludes halogenated alkanes) is 1. The second kappa shape index (κ2) is 12.2. The zero-order valence-electron chi connectivity index (χ0n) is 19.7. The van der Waals surface area contributed by atoms with Gasteiger partial charge in [0.2, 0.25) is 17.8 Å². The van der Waals surface area contributed by atoms with E-state index in [0.717, 1.165) is 30.4 Å². The van der Waals surface area contributed by atoms with Crippen molar-refractivity contribution in [2.24, 2.45) is 0 Å². The second-order valence-corrected chi connectivity index (χ2v) is 8.00. The van der Waals surface area contributed by atoms with Gasteiger partial charge in [-0.3, -0.25) is 25.0 Å². The maximum absolute atomic E-state index is 11.9. The molecule has 0 aliphatic carbocycles. The molecular formula is C26H27N5O4. The number of nitro groups is 1. The summed E-state index contributed by atoms with van der Waals surface area (Å²) >= 11 is 0. The van der Waals surface area contributed by atoms with Crippen LogP contribution in [0.1, 0.15) is 49.1 Å². The summed E-state index contributed by atoms with van der Waals surface area (Å²) < 4.78 is 0. The van der Waals surface area contributed by atoms with Gasteiger partial charge in [0.15, 0.2) is 0 Å². The maximum atomic E-state index is 11.9. The number of carbonyl (C=O) groups is 2. The number of amides is 2. The fourth-order valence-corrected chi connectivity index (χ4v) is 3.53. The van der Waals surface area contributed by atoms with Crippen molar-refractivity contribution in [2.45, 2.75) is 39.5 Å². The number of hydrogen-bond acceptors (Lipinski definition) is 6. The van der Waals surface area contributed by atoms with E-state index in [2.05, 4.69) is 32.7 Å². The molecular weight excluding hydrogens is 446 g/mol. The van der Waals surface area contributed by atoms with E-state index < -0.39 is 4.92 Å². The minimum Gasteiger partial charge on any atom is -0.311 e. The van der Waals surface area contributed by atoms with E-state index in [1.54, 1.807) is 24.3 Å². The quantitative estimate of drug-likeness (QED) is 0.241. The van der Waals surface area contributed by atoms with Crippen LogP contribution >= 0.6 is 0 Å². The maximum Gasteiger partial charge on any atom is 0.269 e. The molecule has 0 fully saturated rings. The van der Waals surface area contributed by atoms with Crippen LogP contribution in [0, 0.1) is 10.1 Å². The molecule has 0 atom stereocenters. The first-order chi connectivity index (χ1) is 16.8. The Bertz CT molecular complexity index is 1220. The van der Waals surface area contributed by atoms with Crippen molar-refractivity contribution in [3.63, 3.8) is 0 Å². The molecule has 2 aromatic carbocycles. The number of anilines is 2. The van der Waals surface area contributed by atoms with Crippen LogP contribution in [-0.4, -0.2) is 26.7 Å². The molecule has 0 unspecified atom stereocenters. The summed E-state index contributed by atoms with van der Waals surface area (Å²) in [5.74, 6) is -0.190. The van der Waals surface area contributed by atoms with Crippen LogP contribution in [0.15, 0.2) is 54.6 Å². The fraction of sp³-hybridized carbons (Fsp3) is 0.231. The van der Waals surface area contributed by atoms with Crippen molar-refractivity contribution in [1.82, 2.24) is 9.97 Å². The molecule has 0 saturated heterocycles. The van der Waals surface area contributed by atoms with Crippen LogP contribution in [0.5, 0.6) is 0 Å². The van der Waals surface area contributed by atoms with Crippen molar-refractivity contribution >= 4 is 41.4 Å². The molecule has 180 valence electrons. The Balaban J connectivity index is 1.89. The van der Waals surface area contributed by atoms with Crippen LogP contribution in [0.4, 0.5) is 17.5 Å². The van der Waals surface area contributed by atoms with Crippen LogP contribution in [0.2, 0.25) is 0 Å². The van der Waals surface area contributed by atoms with E-state index in [4.69, 9.17) is 0 Å². The molecule has 3 rings (SSSR count). The number of nitrogens with zero attached hydrogens (tertiary/aromatic N) is 3. The number of carbonyl (C=O) groups excluding carboxylic acids is 2. The van der Waals surface area contributed by atoms with Crippen molar-refractivity contribution in [2.75, 3.05) is 10.6 Å². The molecule has 1 heterocycles. The lowest BCUT2D eigenvalue weighted by atomic mass is 10.0. The monoisotopic (exact) mass is 473 g/mol. The average Bonchev–Trinajstić information content (AvgIpc) is 2.81. The molecule has 2 amide bonds. The zero-order chi connectivity index (χ0) is 25.2. The van der Waals surface area contributed by atoms with Gasteiger partial charge in [-0.05, 0) is 55.0 Å². The molecule has 2 N–H and O–H groups in total.